The van der Waals surface area contributed by atoms with E-state index in [1.54, 1.807) is 0 Å². The molecule has 0 aromatic heterocycles. The molecule has 6 heteroatoms. The SMILES string of the molecule is Cc1cccc(N2CCN(C(=O)CN3CCC(C(=O)N4CCCC4)CC3)CC2)c1. The molecule has 0 N–H and O–H groups in total. The van der Waals surface area contributed by atoms with Crippen molar-refractivity contribution in [1.82, 2.24) is 14.7 Å². The summed E-state index contributed by atoms with van der Waals surface area (Å²) in [6, 6.07) is 8.58. The lowest BCUT2D eigenvalue weighted by Gasteiger charge is -2.38. The van der Waals surface area contributed by atoms with Gasteiger partial charge < -0.3 is 14.7 Å². The molecule has 29 heavy (non-hydrogen) atoms. The standard InChI is InChI=1S/C23H34N4O2/c1-19-5-4-6-21(17-19)25-13-15-26(16-14-25)22(28)18-24-11-7-20(8-12-24)23(29)27-9-2-3-10-27/h4-6,17,20H,2-3,7-16,18H2,1H3. The zero-order valence-electron chi connectivity index (χ0n) is 17.7. The molecule has 3 heterocycles. The Hall–Kier alpha value is -2.08. The van der Waals surface area contributed by atoms with Crippen LogP contribution in [-0.4, -0.2) is 85.4 Å². The number of piperidine rings is 1. The first-order valence-corrected chi connectivity index (χ1v) is 11.2. The number of likely N-dealkylation sites (tertiary alicyclic amines) is 2. The summed E-state index contributed by atoms with van der Waals surface area (Å²) >= 11 is 0. The summed E-state index contributed by atoms with van der Waals surface area (Å²) < 4.78 is 0. The maximum absolute atomic E-state index is 12.8. The maximum Gasteiger partial charge on any atom is 0.236 e. The topological polar surface area (TPSA) is 47.1 Å². The highest BCUT2D eigenvalue weighted by molar-refractivity contribution is 5.80. The number of hydrogen-bond acceptors (Lipinski definition) is 4. The molecular weight excluding hydrogens is 364 g/mol. The van der Waals surface area contributed by atoms with Gasteiger partial charge in [0.1, 0.15) is 0 Å². The Kier molecular flexibility index (Phi) is 6.38. The predicted molar refractivity (Wildman–Crippen MR) is 115 cm³/mol. The number of aryl methyl sites for hydroxylation is 1. The normalized spacial score (nSPS) is 21.6. The van der Waals surface area contributed by atoms with Crippen molar-refractivity contribution in [2.75, 3.05) is 63.8 Å². The molecule has 4 rings (SSSR count). The Morgan fingerprint density at radius 2 is 1.59 bits per heavy atom. The average molecular weight is 399 g/mol. The lowest BCUT2D eigenvalue weighted by Crippen LogP contribution is -2.52. The number of piperazine rings is 1. The molecule has 2 amide bonds. The Morgan fingerprint density at radius 3 is 2.24 bits per heavy atom. The Bertz CT molecular complexity index is 715. The van der Waals surface area contributed by atoms with E-state index in [4.69, 9.17) is 0 Å². The maximum atomic E-state index is 12.8. The third-order valence-electron chi connectivity index (χ3n) is 6.71. The van der Waals surface area contributed by atoms with Crippen LogP contribution in [0, 0.1) is 12.8 Å². The Balaban J connectivity index is 1.20. The van der Waals surface area contributed by atoms with E-state index in [1.165, 1.54) is 11.3 Å². The quantitative estimate of drug-likeness (QED) is 0.778. The molecule has 0 spiro atoms. The van der Waals surface area contributed by atoms with Crippen molar-refractivity contribution >= 4 is 17.5 Å². The molecule has 0 saturated carbocycles. The summed E-state index contributed by atoms with van der Waals surface area (Å²) in [7, 11) is 0. The van der Waals surface area contributed by atoms with E-state index in [0.29, 0.717) is 12.5 Å². The summed E-state index contributed by atoms with van der Waals surface area (Å²) in [6.45, 7) is 9.56. The van der Waals surface area contributed by atoms with E-state index in [0.717, 1.165) is 78.0 Å². The third kappa shape index (κ3) is 4.92. The molecule has 1 aromatic carbocycles. The number of hydrogen-bond donors (Lipinski definition) is 0. The monoisotopic (exact) mass is 398 g/mol. The minimum atomic E-state index is 0.164. The zero-order chi connectivity index (χ0) is 20.2. The fraction of sp³-hybridized carbons (Fsp3) is 0.652. The number of anilines is 1. The highest BCUT2D eigenvalue weighted by Gasteiger charge is 2.31. The summed E-state index contributed by atoms with van der Waals surface area (Å²) in [6.07, 6.45) is 4.08. The van der Waals surface area contributed by atoms with Gasteiger partial charge in [0, 0.05) is 50.9 Å². The van der Waals surface area contributed by atoms with E-state index >= 15 is 0 Å². The summed E-state index contributed by atoms with van der Waals surface area (Å²) in [5, 5.41) is 0. The second kappa shape index (κ2) is 9.16. The van der Waals surface area contributed by atoms with Gasteiger partial charge in [-0.25, -0.2) is 0 Å². The molecule has 3 aliphatic heterocycles. The summed E-state index contributed by atoms with van der Waals surface area (Å²) in [5.74, 6) is 0.747. The predicted octanol–water partition coefficient (Wildman–Crippen LogP) is 1.98. The molecule has 3 aliphatic rings. The molecule has 0 bridgehead atoms. The van der Waals surface area contributed by atoms with Gasteiger partial charge in [-0.15, -0.1) is 0 Å². The second-order valence-electron chi connectivity index (χ2n) is 8.79. The molecule has 0 unspecified atom stereocenters. The lowest BCUT2D eigenvalue weighted by atomic mass is 9.95. The summed E-state index contributed by atoms with van der Waals surface area (Å²) in [4.78, 5) is 34.0. The molecule has 1 aromatic rings. The largest absolute Gasteiger partial charge is 0.368 e. The van der Waals surface area contributed by atoms with Crippen LogP contribution in [0.2, 0.25) is 0 Å². The van der Waals surface area contributed by atoms with Crippen LogP contribution < -0.4 is 4.90 Å². The van der Waals surface area contributed by atoms with Gasteiger partial charge in [0.2, 0.25) is 11.8 Å². The van der Waals surface area contributed by atoms with Crippen LogP contribution >= 0.6 is 0 Å². The number of benzene rings is 1. The van der Waals surface area contributed by atoms with Gasteiger partial charge in [0.25, 0.3) is 0 Å². The zero-order valence-corrected chi connectivity index (χ0v) is 17.7. The van der Waals surface area contributed by atoms with Gasteiger partial charge in [-0.2, -0.15) is 0 Å². The molecule has 3 fully saturated rings. The Labute approximate surface area is 174 Å². The number of amides is 2. The number of nitrogens with zero attached hydrogens (tertiary/aromatic N) is 4. The van der Waals surface area contributed by atoms with Crippen LogP contribution in [0.5, 0.6) is 0 Å². The van der Waals surface area contributed by atoms with Crippen LogP contribution in [0.3, 0.4) is 0 Å². The van der Waals surface area contributed by atoms with Crippen molar-refractivity contribution in [3.63, 3.8) is 0 Å². The van der Waals surface area contributed by atoms with Crippen molar-refractivity contribution in [3.05, 3.63) is 29.8 Å². The van der Waals surface area contributed by atoms with Crippen LogP contribution in [0.1, 0.15) is 31.2 Å². The first-order chi connectivity index (χ1) is 14.1. The second-order valence-corrected chi connectivity index (χ2v) is 8.79. The number of carbonyl (C=O) groups excluding carboxylic acids is 2. The van der Waals surface area contributed by atoms with Crippen molar-refractivity contribution < 1.29 is 9.59 Å². The lowest BCUT2D eigenvalue weighted by molar-refractivity contribution is -0.136. The number of carbonyl (C=O) groups is 2. The fourth-order valence-corrected chi connectivity index (χ4v) is 4.86. The minimum absolute atomic E-state index is 0.164. The molecule has 0 atom stereocenters. The van der Waals surface area contributed by atoms with E-state index in [9.17, 15) is 9.59 Å². The third-order valence-corrected chi connectivity index (χ3v) is 6.71. The van der Waals surface area contributed by atoms with Gasteiger partial charge in [0.15, 0.2) is 0 Å². The van der Waals surface area contributed by atoms with Gasteiger partial charge >= 0.3 is 0 Å². The molecule has 0 radical (unpaired) electrons. The Morgan fingerprint density at radius 1 is 0.897 bits per heavy atom. The van der Waals surface area contributed by atoms with Crippen molar-refractivity contribution in [3.8, 4) is 0 Å². The fourth-order valence-electron chi connectivity index (χ4n) is 4.86. The van der Waals surface area contributed by atoms with Crippen LogP contribution in [-0.2, 0) is 9.59 Å². The highest BCUT2D eigenvalue weighted by Crippen LogP contribution is 2.22. The molecule has 6 nitrogen and oxygen atoms in total. The van der Waals surface area contributed by atoms with Crippen LogP contribution in [0.4, 0.5) is 5.69 Å². The van der Waals surface area contributed by atoms with E-state index in [-0.39, 0.29) is 11.8 Å². The minimum Gasteiger partial charge on any atom is -0.368 e. The number of rotatable bonds is 4. The van der Waals surface area contributed by atoms with E-state index in [2.05, 4.69) is 41.0 Å². The molecule has 158 valence electrons. The molecule has 3 saturated heterocycles. The van der Waals surface area contributed by atoms with Crippen LogP contribution in [0.25, 0.3) is 0 Å². The van der Waals surface area contributed by atoms with Gasteiger partial charge in [-0.3, -0.25) is 14.5 Å². The van der Waals surface area contributed by atoms with Crippen LogP contribution in [0.15, 0.2) is 24.3 Å². The first kappa shape index (κ1) is 20.2. The van der Waals surface area contributed by atoms with Crippen molar-refractivity contribution in [2.45, 2.75) is 32.6 Å². The van der Waals surface area contributed by atoms with E-state index in [1.807, 2.05) is 9.80 Å². The highest BCUT2D eigenvalue weighted by atomic mass is 16.2. The van der Waals surface area contributed by atoms with Gasteiger partial charge in [-0.05, 0) is 63.4 Å². The summed E-state index contributed by atoms with van der Waals surface area (Å²) in [5.41, 5.74) is 2.52. The van der Waals surface area contributed by atoms with Crippen molar-refractivity contribution in [2.24, 2.45) is 5.92 Å². The molecular formula is C23H34N4O2. The van der Waals surface area contributed by atoms with Gasteiger partial charge in [0.05, 0.1) is 6.54 Å². The van der Waals surface area contributed by atoms with Gasteiger partial charge in [-0.1, -0.05) is 12.1 Å². The smallest absolute Gasteiger partial charge is 0.236 e. The van der Waals surface area contributed by atoms with E-state index < -0.39 is 0 Å². The first-order valence-electron chi connectivity index (χ1n) is 11.2. The van der Waals surface area contributed by atoms with Crippen molar-refractivity contribution in [1.29, 1.82) is 0 Å². The molecule has 0 aliphatic carbocycles. The average Bonchev–Trinajstić information content (AvgIpc) is 3.29.